The van der Waals surface area contributed by atoms with Crippen molar-refractivity contribution >= 4 is 28.1 Å². The van der Waals surface area contributed by atoms with Gasteiger partial charge in [-0.3, -0.25) is 9.78 Å². The second kappa shape index (κ2) is 10.7. The van der Waals surface area contributed by atoms with Crippen molar-refractivity contribution in [2.45, 2.75) is 20.2 Å². The minimum atomic E-state index is -3.63. The number of aromatic nitrogens is 1. The van der Waals surface area contributed by atoms with Crippen LogP contribution < -0.4 is 10.1 Å². The normalized spacial score (nSPS) is 21.3. The Morgan fingerprint density at radius 1 is 1.48 bits per heavy atom. The van der Waals surface area contributed by atoms with Gasteiger partial charge < -0.3 is 15.0 Å². The first-order chi connectivity index (χ1) is 23.0. The van der Waals surface area contributed by atoms with Crippen molar-refractivity contribution in [1.82, 2.24) is 9.88 Å². The predicted octanol–water partition coefficient (Wildman–Crippen LogP) is 4.93. The fourth-order valence-electron chi connectivity index (χ4n) is 2.60. The Bertz CT molecular complexity index is 1990. The van der Waals surface area contributed by atoms with Gasteiger partial charge in [-0.15, -0.1) is 0 Å². The van der Waals surface area contributed by atoms with E-state index in [0.717, 1.165) is 14.0 Å². The van der Waals surface area contributed by atoms with Gasteiger partial charge in [0, 0.05) is 52.7 Å². The molecule has 7 heteroatoms. The van der Waals surface area contributed by atoms with Gasteiger partial charge in [0.1, 0.15) is 17.6 Å². The number of nitriles is 1. The van der Waals surface area contributed by atoms with E-state index in [9.17, 15) is 14.4 Å². The summed E-state index contributed by atoms with van der Waals surface area (Å²) >= 11 is 0. The molecule has 3 rings (SSSR count). The highest BCUT2D eigenvalue weighted by molar-refractivity contribution is 5.98. The van der Waals surface area contributed by atoms with Gasteiger partial charge in [-0.2, -0.15) is 5.26 Å². The number of carbonyl (C=O) groups is 1. The van der Waals surface area contributed by atoms with Gasteiger partial charge in [0.2, 0.25) is 0 Å². The van der Waals surface area contributed by atoms with Crippen LogP contribution in [-0.4, -0.2) is 42.7 Å². The fraction of sp³-hybridized carbons (Fsp3) is 0.269. The molecule has 0 radical (unpaired) electrons. The van der Waals surface area contributed by atoms with E-state index < -0.39 is 138 Å². The van der Waals surface area contributed by atoms with Crippen molar-refractivity contribution < 1.29 is 38.6 Å². The van der Waals surface area contributed by atoms with Crippen LogP contribution in [0.1, 0.15) is 48.2 Å². The number of nitrogens with one attached hydrogen (secondary N) is 1. The molecule has 0 aliphatic carbocycles. The van der Waals surface area contributed by atoms with Crippen LogP contribution in [0.25, 0.3) is 10.9 Å². The van der Waals surface area contributed by atoms with Gasteiger partial charge >= 0.3 is 0 Å². The molecule has 170 valence electrons. The number of anilines is 2. The number of halogens is 1. The summed E-state index contributed by atoms with van der Waals surface area (Å²) in [4.78, 5) is 17.3. The number of nitrogens with zero attached hydrogens (tertiary/aromatic N) is 3. The van der Waals surface area contributed by atoms with E-state index in [2.05, 4.69) is 10.3 Å². The lowest BCUT2D eigenvalue weighted by atomic mass is 10.0. The number of allylic oxidation sites excluding steroid dienone is 1. The Labute approximate surface area is 218 Å². The Hall–Kier alpha value is -3.76. The van der Waals surface area contributed by atoms with Crippen molar-refractivity contribution in [2.24, 2.45) is 0 Å². The lowest BCUT2D eigenvalue weighted by Crippen LogP contribution is -2.11. The summed E-state index contributed by atoms with van der Waals surface area (Å²) in [5.74, 6) is -3.86. The number of carbonyl (C=O) groups excluding carboxylic acids is 1. The van der Waals surface area contributed by atoms with E-state index in [0.29, 0.717) is 0 Å². The number of pyridine rings is 1. The third-order valence-electron chi connectivity index (χ3n) is 4.01. The van der Waals surface area contributed by atoms with E-state index in [1.165, 1.54) is 0 Å². The van der Waals surface area contributed by atoms with E-state index in [1.54, 1.807) is 6.07 Å². The molecule has 33 heavy (non-hydrogen) atoms. The van der Waals surface area contributed by atoms with Crippen molar-refractivity contribution in [2.75, 3.05) is 32.4 Å². The second-order valence-electron chi connectivity index (χ2n) is 6.41. The fourth-order valence-corrected chi connectivity index (χ4v) is 2.60. The number of benzene rings is 2. The minimum Gasteiger partial charge on any atom is -0.494 e. The Morgan fingerprint density at radius 2 is 2.33 bits per heavy atom. The third kappa shape index (κ3) is 5.93. The Kier molecular flexibility index (Phi) is 3.12. The van der Waals surface area contributed by atoms with Crippen molar-refractivity contribution in [3.05, 3.63) is 71.0 Å². The highest BCUT2D eigenvalue weighted by atomic mass is 19.1. The number of hydrogen-bond acceptors (Lipinski definition) is 6. The second-order valence-corrected chi connectivity index (χ2v) is 6.41. The zero-order valence-electron chi connectivity index (χ0n) is 35.2. The van der Waals surface area contributed by atoms with E-state index in [-0.39, 0.29) is 4.90 Å². The van der Waals surface area contributed by atoms with Crippen molar-refractivity contribution in [3.63, 3.8) is 0 Å². The van der Waals surface area contributed by atoms with Crippen molar-refractivity contribution in [3.8, 4) is 11.8 Å². The zero-order chi connectivity index (χ0) is 39.5. The summed E-state index contributed by atoms with van der Waals surface area (Å²) in [6.07, 6.45) is -2.21. The number of ketones is 1. The maximum absolute atomic E-state index is 14.5. The monoisotopic (exact) mass is 464 g/mol. The molecule has 0 aliphatic rings. The topological polar surface area (TPSA) is 78.2 Å². The third-order valence-corrected chi connectivity index (χ3v) is 4.01. The molecule has 0 amide bonds. The number of hydrogen-bond donors (Lipinski definition) is 1. The highest BCUT2D eigenvalue weighted by Crippen LogP contribution is 2.34. The average molecular weight is 465 g/mol. The molecule has 0 saturated heterocycles. The SMILES string of the molecule is [2H]/C(C(=O)Cc1c(OC([2H])([2H])C([2H])([2H])[2H])c([2H])c2nc([2H])c(C#N)c(Nc3c([2H])c([2H])c(F)c(C)c3[2H])c2c1[2H])=C(/[2H])C([2H])([2H])N(C)C([2H])([2H])[2H]. The summed E-state index contributed by atoms with van der Waals surface area (Å²) in [5.41, 5.74) is -3.93. The van der Waals surface area contributed by atoms with Gasteiger partial charge in [0.15, 0.2) is 5.78 Å². The lowest BCUT2D eigenvalue weighted by Gasteiger charge is -2.15. The minimum absolute atomic E-state index is 0.0867. The molecule has 1 heterocycles. The first kappa shape index (κ1) is 9.62. The van der Waals surface area contributed by atoms with Crippen LogP contribution >= 0.6 is 0 Å². The van der Waals surface area contributed by atoms with Crippen LogP contribution in [0.15, 0.2) is 48.5 Å². The zero-order valence-corrected chi connectivity index (χ0v) is 17.2. The van der Waals surface area contributed by atoms with E-state index in [4.69, 9.17) is 29.4 Å². The van der Waals surface area contributed by atoms with Crippen molar-refractivity contribution in [1.29, 1.82) is 5.26 Å². The van der Waals surface area contributed by atoms with Crippen LogP contribution in [0, 0.1) is 24.1 Å². The predicted molar refractivity (Wildman–Crippen MR) is 128 cm³/mol. The summed E-state index contributed by atoms with van der Waals surface area (Å²) < 4.78 is 164. The molecule has 3 aromatic rings. The summed E-state index contributed by atoms with van der Waals surface area (Å²) in [7, 11) is 0.755. The highest BCUT2D eigenvalue weighted by Gasteiger charge is 2.16. The summed E-state index contributed by atoms with van der Waals surface area (Å²) in [6.45, 7) is -12.5. The molecule has 0 fully saturated rings. The molecule has 2 aromatic carbocycles. The molecule has 1 aromatic heterocycles. The molecule has 0 atom stereocenters. The maximum Gasteiger partial charge on any atom is 0.159 e. The van der Waals surface area contributed by atoms with Gasteiger partial charge in [-0.05, 0) is 63.6 Å². The molecular formula is C26H27FN4O2. The Morgan fingerprint density at radius 3 is 3.09 bits per heavy atom. The van der Waals surface area contributed by atoms with Crippen LogP contribution in [0.5, 0.6) is 5.75 Å². The summed E-state index contributed by atoms with van der Waals surface area (Å²) in [6, 6.07) is -5.88. The number of rotatable bonds is 9. The number of fused-ring (bicyclic) bond motifs is 1. The van der Waals surface area contributed by atoms with E-state index in [1.807, 2.05) is 0 Å². The lowest BCUT2D eigenvalue weighted by molar-refractivity contribution is -0.114. The largest absolute Gasteiger partial charge is 0.494 e. The summed E-state index contributed by atoms with van der Waals surface area (Å²) in [5, 5.41) is 11.8. The quantitative estimate of drug-likeness (QED) is 0.453. The molecule has 1 N–H and O–H groups in total. The van der Waals surface area contributed by atoms with Crippen LogP contribution in [0.3, 0.4) is 0 Å². The van der Waals surface area contributed by atoms with Crippen LogP contribution in [0.2, 0.25) is 0 Å². The Balaban J connectivity index is 2.49. The first-order valence-electron chi connectivity index (χ1n) is 18.1. The first-order valence-corrected chi connectivity index (χ1v) is 9.07. The molecule has 0 saturated carbocycles. The van der Waals surface area contributed by atoms with Gasteiger partial charge in [0.05, 0.1) is 37.0 Å². The van der Waals surface area contributed by atoms with Crippen LogP contribution in [0.4, 0.5) is 15.8 Å². The maximum atomic E-state index is 14.5. The molecule has 0 bridgehead atoms. The smallest absolute Gasteiger partial charge is 0.159 e. The van der Waals surface area contributed by atoms with Gasteiger partial charge in [0.25, 0.3) is 0 Å². The molecular weight excluding hydrogens is 419 g/mol. The molecule has 0 aliphatic heterocycles. The number of ether oxygens (including phenoxy) is 1. The number of likely N-dealkylation sites (N-methyl/N-ethyl adjacent to an activating group) is 1. The van der Waals surface area contributed by atoms with Crippen LogP contribution in [-0.2, 0) is 11.2 Å². The molecule has 0 spiro atoms. The standard InChI is InChI=1S/C26H27FN4O2/c1-5-33-25-14-24-22(13-18(25)12-21(32)7-6-10-31(3)4)26(19(15-28)16-29-24)30-20-8-9-23(27)17(2)11-20/h6-9,11,13-14,16H,5,10,12H2,1-4H3,(H,29,30)/b7-6+/i1D3,3D3,5D2,6D,7D,8D,9D,10D2,11D,13D,14D,16D. The average Bonchev–Trinajstić information content (AvgIpc) is 3.02. The van der Waals surface area contributed by atoms with Gasteiger partial charge in [-0.25, -0.2) is 4.39 Å². The van der Waals surface area contributed by atoms with Gasteiger partial charge in [-0.1, -0.05) is 6.05 Å². The van der Waals surface area contributed by atoms with E-state index >= 15 is 0 Å². The molecule has 0 unspecified atom stereocenters. The molecule has 6 nitrogen and oxygen atoms in total.